The van der Waals surface area contributed by atoms with Crippen molar-refractivity contribution in [2.45, 2.75) is 77.3 Å². The quantitative estimate of drug-likeness (QED) is 0.538. The van der Waals surface area contributed by atoms with E-state index in [0.717, 1.165) is 43.8 Å². The van der Waals surface area contributed by atoms with Crippen molar-refractivity contribution in [3.05, 3.63) is 24.0 Å². The number of rotatable bonds is 11. The molecule has 1 aliphatic heterocycles. The molecule has 1 fully saturated rings. The zero-order chi connectivity index (χ0) is 24.0. The molecular formula is C24H39N5O3S. The maximum Gasteiger partial charge on any atom is 0.243 e. The fourth-order valence-corrected chi connectivity index (χ4v) is 6.20. The van der Waals surface area contributed by atoms with Gasteiger partial charge < -0.3 is 14.8 Å². The predicted molar refractivity (Wildman–Crippen MR) is 132 cm³/mol. The van der Waals surface area contributed by atoms with Crippen LogP contribution in [-0.4, -0.2) is 71.8 Å². The second kappa shape index (κ2) is 11.4. The molecule has 0 unspecified atom stereocenters. The van der Waals surface area contributed by atoms with E-state index >= 15 is 0 Å². The zero-order valence-electron chi connectivity index (χ0n) is 20.5. The molecule has 33 heavy (non-hydrogen) atoms. The summed E-state index contributed by atoms with van der Waals surface area (Å²) in [5, 5.41) is 3.19. The number of hydrogen-bond acceptors (Lipinski definition) is 5. The molecule has 1 aromatic carbocycles. The molecule has 1 N–H and O–H groups in total. The number of piperidine rings is 1. The summed E-state index contributed by atoms with van der Waals surface area (Å²) >= 11 is 0. The van der Waals surface area contributed by atoms with Crippen molar-refractivity contribution in [3.63, 3.8) is 0 Å². The van der Waals surface area contributed by atoms with E-state index in [2.05, 4.69) is 21.7 Å². The number of carbonyl (C=O) groups is 1. The molecule has 0 bridgehead atoms. The van der Waals surface area contributed by atoms with E-state index in [0.29, 0.717) is 38.0 Å². The van der Waals surface area contributed by atoms with Crippen LogP contribution >= 0.6 is 0 Å². The van der Waals surface area contributed by atoms with Crippen LogP contribution in [0, 0.1) is 0 Å². The van der Waals surface area contributed by atoms with Gasteiger partial charge >= 0.3 is 0 Å². The molecule has 2 aromatic rings. The summed E-state index contributed by atoms with van der Waals surface area (Å²) in [6.45, 7) is 12.7. The summed E-state index contributed by atoms with van der Waals surface area (Å²) in [5.41, 5.74) is 1.55. The van der Waals surface area contributed by atoms with Crippen molar-refractivity contribution >= 4 is 27.0 Å². The number of nitrogens with one attached hydrogen (secondary N) is 1. The lowest BCUT2D eigenvalue weighted by Gasteiger charge is -2.32. The van der Waals surface area contributed by atoms with Crippen molar-refractivity contribution in [1.29, 1.82) is 0 Å². The Balaban J connectivity index is 1.67. The molecular weight excluding hydrogens is 438 g/mol. The minimum Gasteiger partial charge on any atom is -0.353 e. The van der Waals surface area contributed by atoms with Gasteiger partial charge in [0.25, 0.3) is 0 Å². The molecule has 0 spiro atoms. The highest BCUT2D eigenvalue weighted by atomic mass is 32.2. The zero-order valence-corrected chi connectivity index (χ0v) is 21.3. The Morgan fingerprint density at radius 2 is 1.85 bits per heavy atom. The molecule has 0 aliphatic carbocycles. The Labute approximate surface area is 198 Å². The number of fused-ring (bicyclic) bond motifs is 1. The molecule has 3 rings (SSSR count). The van der Waals surface area contributed by atoms with Crippen LogP contribution < -0.4 is 5.32 Å². The van der Waals surface area contributed by atoms with Crippen molar-refractivity contribution in [3.8, 4) is 0 Å². The largest absolute Gasteiger partial charge is 0.353 e. The van der Waals surface area contributed by atoms with Crippen LogP contribution in [0.15, 0.2) is 23.1 Å². The van der Waals surface area contributed by atoms with Crippen LogP contribution in [0.1, 0.15) is 59.2 Å². The Morgan fingerprint density at radius 1 is 1.15 bits per heavy atom. The topological polar surface area (TPSA) is 87.5 Å². The number of sulfonamides is 1. The Kier molecular flexibility index (Phi) is 8.89. The second-order valence-corrected chi connectivity index (χ2v) is 10.6. The van der Waals surface area contributed by atoms with Crippen LogP contribution in [0.5, 0.6) is 0 Å². The minimum atomic E-state index is -3.54. The van der Waals surface area contributed by atoms with Gasteiger partial charge in [-0.3, -0.25) is 4.79 Å². The monoisotopic (exact) mass is 477 g/mol. The first-order valence-electron chi connectivity index (χ1n) is 12.3. The number of aromatic nitrogens is 2. The first-order valence-corrected chi connectivity index (χ1v) is 13.8. The standard InChI is InChI=1S/C24H39N5O3S/c1-5-15-27-16-13-19(14-17-27)25-24(30)12-11-23-26-21-18-20(9-10-22(21)29(23)8-4)33(31,32)28(6-2)7-3/h9-10,18-19H,5-8,11-17H2,1-4H3,(H,25,30). The number of imidazole rings is 1. The number of nitrogens with zero attached hydrogens (tertiary/aromatic N) is 4. The molecule has 1 amide bonds. The Hall–Kier alpha value is -1.97. The fraction of sp³-hybridized carbons (Fsp3) is 0.667. The van der Waals surface area contributed by atoms with Crippen LogP contribution in [0.2, 0.25) is 0 Å². The van der Waals surface area contributed by atoms with Gasteiger partial charge in [0.1, 0.15) is 5.82 Å². The average molecular weight is 478 g/mol. The van der Waals surface area contributed by atoms with E-state index in [1.54, 1.807) is 12.1 Å². The fourth-order valence-electron chi connectivity index (χ4n) is 4.72. The third-order valence-electron chi connectivity index (χ3n) is 6.53. The third kappa shape index (κ3) is 5.94. The van der Waals surface area contributed by atoms with E-state index in [-0.39, 0.29) is 16.8 Å². The van der Waals surface area contributed by atoms with Gasteiger partial charge in [0.15, 0.2) is 0 Å². The molecule has 1 saturated heterocycles. The normalized spacial score (nSPS) is 16.0. The lowest BCUT2D eigenvalue weighted by Crippen LogP contribution is -2.44. The van der Waals surface area contributed by atoms with Gasteiger partial charge in [-0.2, -0.15) is 4.31 Å². The highest BCUT2D eigenvalue weighted by molar-refractivity contribution is 7.89. The summed E-state index contributed by atoms with van der Waals surface area (Å²) < 4.78 is 29.3. The maximum atomic E-state index is 12.9. The first-order chi connectivity index (χ1) is 15.8. The molecule has 0 radical (unpaired) electrons. The van der Waals surface area contributed by atoms with Gasteiger partial charge in [-0.15, -0.1) is 0 Å². The summed E-state index contributed by atoms with van der Waals surface area (Å²) in [6, 6.07) is 5.40. The summed E-state index contributed by atoms with van der Waals surface area (Å²) in [5.74, 6) is 0.876. The highest BCUT2D eigenvalue weighted by Crippen LogP contribution is 2.23. The van der Waals surface area contributed by atoms with Crippen LogP contribution in [0.3, 0.4) is 0 Å². The van der Waals surface area contributed by atoms with Crippen LogP contribution in [0.4, 0.5) is 0 Å². The van der Waals surface area contributed by atoms with Crippen LogP contribution in [-0.2, 0) is 27.8 Å². The van der Waals surface area contributed by atoms with Gasteiger partial charge in [-0.25, -0.2) is 13.4 Å². The predicted octanol–water partition coefficient (Wildman–Crippen LogP) is 3.01. The summed E-state index contributed by atoms with van der Waals surface area (Å²) in [7, 11) is -3.54. The minimum absolute atomic E-state index is 0.0588. The number of aryl methyl sites for hydroxylation is 2. The van der Waals surface area contributed by atoms with E-state index in [9.17, 15) is 13.2 Å². The summed E-state index contributed by atoms with van der Waals surface area (Å²) in [4.78, 5) is 20.0. The smallest absolute Gasteiger partial charge is 0.243 e. The molecule has 184 valence electrons. The molecule has 0 atom stereocenters. The molecule has 1 aliphatic rings. The van der Waals surface area contributed by atoms with E-state index in [1.807, 2.05) is 26.8 Å². The molecule has 2 heterocycles. The van der Waals surface area contributed by atoms with E-state index in [4.69, 9.17) is 4.98 Å². The SMILES string of the molecule is CCCN1CCC(NC(=O)CCc2nc3cc(S(=O)(=O)N(CC)CC)ccc3n2CC)CC1. The third-order valence-corrected chi connectivity index (χ3v) is 8.57. The number of likely N-dealkylation sites (tertiary alicyclic amines) is 1. The Bertz CT molecular complexity index is 1040. The van der Waals surface area contributed by atoms with E-state index < -0.39 is 10.0 Å². The van der Waals surface area contributed by atoms with Gasteiger partial charge in [-0.05, 0) is 50.9 Å². The highest BCUT2D eigenvalue weighted by Gasteiger charge is 2.24. The molecule has 9 heteroatoms. The van der Waals surface area contributed by atoms with Gasteiger partial charge in [0, 0.05) is 51.6 Å². The lowest BCUT2D eigenvalue weighted by molar-refractivity contribution is -0.122. The lowest BCUT2D eigenvalue weighted by atomic mass is 10.0. The van der Waals surface area contributed by atoms with Gasteiger partial charge in [0.2, 0.25) is 15.9 Å². The number of benzene rings is 1. The van der Waals surface area contributed by atoms with Crippen molar-refractivity contribution in [1.82, 2.24) is 24.1 Å². The van der Waals surface area contributed by atoms with Crippen molar-refractivity contribution in [2.24, 2.45) is 0 Å². The first kappa shape index (κ1) is 25.6. The van der Waals surface area contributed by atoms with Gasteiger partial charge in [-0.1, -0.05) is 20.8 Å². The van der Waals surface area contributed by atoms with Crippen molar-refractivity contribution < 1.29 is 13.2 Å². The maximum absolute atomic E-state index is 12.9. The molecule has 8 nitrogen and oxygen atoms in total. The summed E-state index contributed by atoms with van der Waals surface area (Å²) in [6.07, 6.45) is 4.08. The van der Waals surface area contributed by atoms with Crippen LogP contribution in [0.25, 0.3) is 11.0 Å². The van der Waals surface area contributed by atoms with E-state index in [1.165, 1.54) is 10.7 Å². The number of carbonyl (C=O) groups excluding carboxylic acids is 1. The number of amides is 1. The molecule has 0 saturated carbocycles. The van der Waals surface area contributed by atoms with Crippen molar-refractivity contribution in [2.75, 3.05) is 32.7 Å². The number of hydrogen-bond donors (Lipinski definition) is 1. The van der Waals surface area contributed by atoms with Gasteiger partial charge in [0.05, 0.1) is 15.9 Å². The molecule has 1 aromatic heterocycles. The second-order valence-electron chi connectivity index (χ2n) is 8.70. The Morgan fingerprint density at radius 3 is 2.45 bits per heavy atom. The average Bonchev–Trinajstić information content (AvgIpc) is 3.16.